The van der Waals surface area contributed by atoms with E-state index in [1.54, 1.807) is 14.0 Å². The Morgan fingerprint density at radius 2 is 1.95 bits per heavy atom. The molecule has 0 fully saturated rings. The van der Waals surface area contributed by atoms with Crippen LogP contribution in [-0.2, 0) is 4.79 Å². The number of hydrogen-bond donors (Lipinski definition) is 1. The zero-order valence-electron chi connectivity index (χ0n) is 13.8. The molecule has 0 spiro atoms. The molecule has 0 bridgehead atoms. The fourth-order valence-corrected chi connectivity index (χ4v) is 2.63. The smallest absolute Gasteiger partial charge is 0.151 e. The van der Waals surface area contributed by atoms with Crippen molar-refractivity contribution < 1.29 is 9.53 Å². The summed E-state index contributed by atoms with van der Waals surface area (Å²) in [5.74, 6) is 0.932. The van der Waals surface area contributed by atoms with Gasteiger partial charge in [0.15, 0.2) is 5.78 Å². The zero-order valence-corrected chi connectivity index (χ0v) is 13.8. The minimum Gasteiger partial charge on any atom is -0.497 e. The third-order valence-corrected chi connectivity index (χ3v) is 3.57. The molecule has 1 aliphatic carbocycles. The maximum atomic E-state index is 11.1. The highest BCUT2D eigenvalue weighted by Gasteiger charge is 2.26. The molecule has 0 heterocycles. The van der Waals surface area contributed by atoms with Gasteiger partial charge in [0, 0.05) is 17.1 Å². The Balaban J connectivity index is 2.16. The Hall–Kier alpha value is -2.10. The topological polar surface area (TPSA) is 50.7 Å². The summed E-state index contributed by atoms with van der Waals surface area (Å²) in [5.41, 5.74) is 3.28. The number of anilines is 1. The van der Waals surface area contributed by atoms with E-state index in [-0.39, 0.29) is 17.7 Å². The average molecular weight is 300 g/mol. The Morgan fingerprint density at radius 3 is 2.55 bits per heavy atom. The number of hydrogen-bond acceptors (Lipinski definition) is 4. The molecule has 2 rings (SSSR count). The highest BCUT2D eigenvalue weighted by atomic mass is 16.5. The van der Waals surface area contributed by atoms with Crippen LogP contribution in [0.2, 0.25) is 0 Å². The van der Waals surface area contributed by atoms with Gasteiger partial charge in [-0.1, -0.05) is 13.8 Å². The minimum atomic E-state index is 0.0916. The lowest BCUT2D eigenvalue weighted by molar-refractivity contribution is -0.115. The van der Waals surface area contributed by atoms with E-state index in [2.05, 4.69) is 30.2 Å². The summed E-state index contributed by atoms with van der Waals surface area (Å²) in [4.78, 5) is 15.6. The first-order valence-electron chi connectivity index (χ1n) is 7.52. The van der Waals surface area contributed by atoms with E-state index < -0.39 is 0 Å². The van der Waals surface area contributed by atoms with Gasteiger partial charge in [-0.3, -0.25) is 9.79 Å². The summed E-state index contributed by atoms with van der Waals surface area (Å²) in [7, 11) is 1.66. The normalized spacial score (nSPS) is 18.7. The molecule has 0 atom stereocenters. The molecule has 1 aliphatic rings. The summed E-state index contributed by atoms with van der Waals surface area (Å²) in [6.07, 6.45) is 3.92. The number of benzene rings is 1. The number of nitrogens with zero attached hydrogens (tertiary/aromatic N) is 1. The number of carbonyl (C=O) groups excluding carboxylic acids is 1. The Morgan fingerprint density at radius 1 is 1.27 bits per heavy atom. The molecule has 0 radical (unpaired) electrons. The highest BCUT2D eigenvalue weighted by molar-refractivity contribution is 5.98. The molecule has 0 aromatic heterocycles. The van der Waals surface area contributed by atoms with Crippen LogP contribution >= 0.6 is 0 Å². The summed E-state index contributed by atoms with van der Waals surface area (Å²) in [6, 6.07) is 7.85. The molecular weight excluding hydrogens is 276 g/mol. The van der Waals surface area contributed by atoms with Gasteiger partial charge in [0.05, 0.1) is 13.7 Å². The van der Waals surface area contributed by atoms with Gasteiger partial charge in [0.1, 0.15) is 5.75 Å². The second-order valence-corrected chi connectivity index (χ2v) is 6.55. The van der Waals surface area contributed by atoms with Gasteiger partial charge < -0.3 is 10.1 Å². The third-order valence-electron chi connectivity index (χ3n) is 3.57. The molecule has 118 valence electrons. The van der Waals surface area contributed by atoms with Crippen molar-refractivity contribution in [2.24, 2.45) is 10.4 Å². The molecule has 0 aliphatic heterocycles. The maximum Gasteiger partial charge on any atom is 0.151 e. The van der Waals surface area contributed by atoms with Gasteiger partial charge in [0.25, 0.3) is 0 Å². The van der Waals surface area contributed by atoms with Crippen molar-refractivity contribution in [2.75, 3.05) is 19.0 Å². The first-order chi connectivity index (χ1) is 10.4. The lowest BCUT2D eigenvalue weighted by Crippen LogP contribution is -2.25. The fraction of sp³-hybridized carbons (Fsp3) is 0.444. The molecule has 4 heteroatoms. The second kappa shape index (κ2) is 6.77. The van der Waals surface area contributed by atoms with Crippen LogP contribution < -0.4 is 10.1 Å². The number of ketones is 1. The van der Waals surface area contributed by atoms with Gasteiger partial charge in [0.2, 0.25) is 0 Å². The highest BCUT2D eigenvalue weighted by Crippen LogP contribution is 2.34. The summed E-state index contributed by atoms with van der Waals surface area (Å²) in [5, 5.41) is 3.45. The van der Waals surface area contributed by atoms with Crippen molar-refractivity contribution in [3.05, 3.63) is 36.0 Å². The Labute approximate surface area is 132 Å². The van der Waals surface area contributed by atoms with E-state index in [1.165, 1.54) is 0 Å². The number of rotatable bonds is 5. The molecule has 1 N–H and O–H groups in total. The van der Waals surface area contributed by atoms with Crippen LogP contribution in [0.4, 0.5) is 5.69 Å². The Bertz CT molecular complexity index is 598. The quantitative estimate of drug-likeness (QED) is 0.899. The molecule has 0 saturated carbocycles. The van der Waals surface area contributed by atoms with Crippen LogP contribution in [0.25, 0.3) is 0 Å². The van der Waals surface area contributed by atoms with Gasteiger partial charge >= 0.3 is 0 Å². The van der Waals surface area contributed by atoms with E-state index in [0.717, 1.165) is 35.7 Å². The minimum absolute atomic E-state index is 0.0916. The van der Waals surface area contributed by atoms with Crippen LogP contribution in [0, 0.1) is 5.41 Å². The van der Waals surface area contributed by atoms with E-state index >= 15 is 0 Å². The SMILES string of the molecule is COc1ccc(NC2=CC(=NCC(C)=O)CC(C)(C)C2)cc1. The molecule has 1 aromatic rings. The van der Waals surface area contributed by atoms with Crippen molar-refractivity contribution in [3.8, 4) is 5.75 Å². The van der Waals surface area contributed by atoms with Gasteiger partial charge in [-0.2, -0.15) is 0 Å². The van der Waals surface area contributed by atoms with Crippen LogP contribution in [0.15, 0.2) is 41.0 Å². The standard InChI is InChI=1S/C18H24N2O2/c1-13(21)12-19-15-9-16(11-18(2,3)10-15)20-14-5-7-17(22-4)8-6-14/h5-9,20H,10-12H2,1-4H3. The molecule has 4 nitrogen and oxygen atoms in total. The van der Waals surface area contributed by atoms with E-state index in [1.807, 2.05) is 24.3 Å². The predicted octanol–water partition coefficient (Wildman–Crippen LogP) is 3.84. The van der Waals surface area contributed by atoms with Gasteiger partial charge in [-0.15, -0.1) is 0 Å². The number of Topliss-reactive ketones (excluding diaryl/α,β-unsaturated/α-hetero) is 1. The number of carbonyl (C=O) groups is 1. The fourth-order valence-electron chi connectivity index (χ4n) is 2.63. The van der Waals surface area contributed by atoms with Crippen molar-refractivity contribution in [1.82, 2.24) is 0 Å². The molecule has 0 amide bonds. The lowest BCUT2D eigenvalue weighted by atomic mass is 9.78. The predicted molar refractivity (Wildman–Crippen MR) is 90.7 cm³/mol. The van der Waals surface area contributed by atoms with E-state index in [0.29, 0.717) is 0 Å². The summed E-state index contributed by atoms with van der Waals surface area (Å²) >= 11 is 0. The first-order valence-corrected chi connectivity index (χ1v) is 7.52. The number of methoxy groups -OCH3 is 1. The van der Waals surface area contributed by atoms with Crippen molar-refractivity contribution in [3.63, 3.8) is 0 Å². The Kier molecular flexibility index (Phi) is 5.01. The third kappa shape index (κ3) is 4.72. The van der Waals surface area contributed by atoms with E-state index in [4.69, 9.17) is 4.74 Å². The largest absolute Gasteiger partial charge is 0.497 e. The maximum absolute atomic E-state index is 11.1. The molecule has 22 heavy (non-hydrogen) atoms. The van der Waals surface area contributed by atoms with Crippen molar-refractivity contribution >= 4 is 17.2 Å². The van der Waals surface area contributed by atoms with Crippen LogP contribution in [-0.4, -0.2) is 25.1 Å². The van der Waals surface area contributed by atoms with Gasteiger partial charge in [-0.05, 0) is 55.5 Å². The van der Waals surface area contributed by atoms with Crippen LogP contribution in [0.3, 0.4) is 0 Å². The first kappa shape index (κ1) is 16.3. The van der Waals surface area contributed by atoms with Gasteiger partial charge in [-0.25, -0.2) is 0 Å². The number of ether oxygens (including phenoxy) is 1. The summed E-state index contributed by atoms with van der Waals surface area (Å²) < 4.78 is 5.17. The number of aliphatic imine (C=N–C) groups is 1. The average Bonchev–Trinajstić information content (AvgIpc) is 2.44. The van der Waals surface area contributed by atoms with E-state index in [9.17, 15) is 4.79 Å². The molecule has 0 unspecified atom stereocenters. The zero-order chi connectivity index (χ0) is 16.2. The van der Waals surface area contributed by atoms with Crippen molar-refractivity contribution in [2.45, 2.75) is 33.6 Å². The monoisotopic (exact) mass is 300 g/mol. The van der Waals surface area contributed by atoms with Crippen LogP contribution in [0.5, 0.6) is 5.75 Å². The lowest BCUT2D eigenvalue weighted by Gasteiger charge is -2.31. The molecule has 1 aromatic carbocycles. The second-order valence-electron chi connectivity index (χ2n) is 6.55. The molecule has 0 saturated heterocycles. The summed E-state index contributed by atoms with van der Waals surface area (Å²) in [6.45, 7) is 6.27. The van der Waals surface area contributed by atoms with Crippen molar-refractivity contribution in [1.29, 1.82) is 0 Å². The molecular formula is C18H24N2O2. The van der Waals surface area contributed by atoms with Crippen LogP contribution in [0.1, 0.15) is 33.6 Å². The number of nitrogens with one attached hydrogen (secondary N) is 1. The number of allylic oxidation sites excluding steroid dienone is 2.